The Morgan fingerprint density at radius 3 is 2.91 bits per heavy atom. The molecule has 1 fully saturated rings. The predicted octanol–water partition coefficient (Wildman–Crippen LogP) is 1.01. The van der Waals surface area contributed by atoms with E-state index in [1.54, 1.807) is 6.92 Å². The summed E-state index contributed by atoms with van der Waals surface area (Å²) in [6.07, 6.45) is 0. The number of likely N-dealkylation sites (N-methyl/N-ethyl adjacent to an activating group) is 1. The third-order valence-electron chi connectivity index (χ3n) is 2.11. The average Bonchev–Trinajstić information content (AvgIpc) is 2.04. The first-order valence-corrected chi connectivity index (χ1v) is 5.23. The highest BCUT2D eigenvalue weighted by molar-refractivity contribution is 7.99. The Balaban J connectivity index is 2.51. The molecule has 0 aromatic rings. The van der Waals surface area contributed by atoms with E-state index in [1.807, 2.05) is 11.8 Å². The largest absolute Gasteiger partial charge is 0.298 e. The van der Waals surface area contributed by atoms with Crippen LogP contribution >= 0.6 is 11.8 Å². The molecule has 0 bridgehead atoms. The zero-order valence-electron chi connectivity index (χ0n) is 7.17. The lowest BCUT2D eigenvalue weighted by atomic mass is 10.2. The van der Waals surface area contributed by atoms with E-state index in [9.17, 15) is 4.79 Å². The number of carbonyl (C=O) groups is 1. The van der Waals surface area contributed by atoms with Gasteiger partial charge >= 0.3 is 0 Å². The molecule has 1 heterocycles. The van der Waals surface area contributed by atoms with Crippen molar-refractivity contribution >= 4 is 17.5 Å². The Morgan fingerprint density at radius 1 is 1.73 bits per heavy atom. The minimum absolute atomic E-state index is 0.193. The highest BCUT2D eigenvalue weighted by Crippen LogP contribution is 2.16. The molecule has 0 aliphatic carbocycles. The Morgan fingerprint density at radius 2 is 2.45 bits per heavy atom. The van der Waals surface area contributed by atoms with E-state index in [1.165, 1.54) is 5.75 Å². The van der Waals surface area contributed by atoms with E-state index in [0.717, 1.165) is 18.8 Å². The fraction of sp³-hybridized carbons (Fsp3) is 0.875. The number of carbonyl (C=O) groups excluding carboxylic acids is 1. The summed E-state index contributed by atoms with van der Waals surface area (Å²) in [5, 5.41) is 0. The van der Waals surface area contributed by atoms with Gasteiger partial charge in [-0.2, -0.15) is 11.8 Å². The van der Waals surface area contributed by atoms with Crippen LogP contribution in [0.4, 0.5) is 0 Å². The lowest BCUT2D eigenvalue weighted by molar-refractivity contribution is -0.121. The highest BCUT2D eigenvalue weighted by atomic mass is 32.2. The summed E-state index contributed by atoms with van der Waals surface area (Å²) in [6, 6.07) is 0.193. The molecule has 11 heavy (non-hydrogen) atoms. The summed E-state index contributed by atoms with van der Waals surface area (Å²) in [6.45, 7) is 5.89. The van der Waals surface area contributed by atoms with Crippen molar-refractivity contribution in [2.24, 2.45) is 0 Å². The van der Waals surface area contributed by atoms with Gasteiger partial charge < -0.3 is 0 Å². The van der Waals surface area contributed by atoms with Crippen LogP contribution in [0, 0.1) is 0 Å². The van der Waals surface area contributed by atoms with Gasteiger partial charge in [0.25, 0.3) is 0 Å². The zero-order chi connectivity index (χ0) is 8.27. The molecule has 0 radical (unpaired) electrons. The van der Waals surface area contributed by atoms with Crippen molar-refractivity contribution in [2.45, 2.75) is 19.9 Å². The second kappa shape index (κ2) is 4.12. The number of rotatable bonds is 2. The van der Waals surface area contributed by atoms with E-state index in [2.05, 4.69) is 11.8 Å². The van der Waals surface area contributed by atoms with Crippen LogP contribution in [0.2, 0.25) is 0 Å². The molecule has 1 atom stereocenters. The van der Waals surface area contributed by atoms with Crippen LogP contribution in [-0.2, 0) is 4.79 Å². The van der Waals surface area contributed by atoms with Crippen LogP contribution in [0.15, 0.2) is 0 Å². The molecular weight excluding hydrogens is 158 g/mol. The normalized spacial score (nSPS) is 26.9. The fourth-order valence-corrected chi connectivity index (χ4v) is 2.59. The first-order valence-electron chi connectivity index (χ1n) is 4.08. The molecule has 64 valence electrons. The molecular formula is C8H15NOS. The number of nitrogens with zero attached hydrogens (tertiary/aromatic N) is 1. The van der Waals surface area contributed by atoms with Crippen molar-refractivity contribution in [1.82, 2.24) is 4.90 Å². The van der Waals surface area contributed by atoms with Gasteiger partial charge in [-0.15, -0.1) is 0 Å². The molecule has 0 aromatic carbocycles. The highest BCUT2D eigenvalue weighted by Gasteiger charge is 2.24. The molecule has 3 heteroatoms. The molecule has 0 aromatic heterocycles. The van der Waals surface area contributed by atoms with Crippen LogP contribution in [0.1, 0.15) is 13.8 Å². The Kier molecular flexibility index (Phi) is 3.40. The molecule has 0 amide bonds. The van der Waals surface area contributed by atoms with E-state index in [4.69, 9.17) is 0 Å². The lowest BCUT2D eigenvalue weighted by Gasteiger charge is -2.32. The summed E-state index contributed by atoms with van der Waals surface area (Å²) < 4.78 is 0. The van der Waals surface area contributed by atoms with Crippen LogP contribution in [-0.4, -0.2) is 41.3 Å². The molecule has 1 aliphatic rings. The van der Waals surface area contributed by atoms with Crippen molar-refractivity contribution < 1.29 is 4.79 Å². The Labute approximate surface area is 72.3 Å². The monoisotopic (exact) mass is 173 g/mol. The van der Waals surface area contributed by atoms with Gasteiger partial charge in [-0.1, -0.05) is 6.92 Å². The second-order valence-corrected chi connectivity index (χ2v) is 3.98. The molecule has 1 rings (SSSR count). The number of ketones is 1. The van der Waals surface area contributed by atoms with Crippen LogP contribution in [0.3, 0.4) is 0 Å². The van der Waals surface area contributed by atoms with Crippen molar-refractivity contribution in [2.75, 3.05) is 24.6 Å². The first-order chi connectivity index (χ1) is 5.25. The van der Waals surface area contributed by atoms with Gasteiger partial charge in [-0.05, 0) is 13.5 Å². The van der Waals surface area contributed by atoms with E-state index in [-0.39, 0.29) is 6.04 Å². The quantitative estimate of drug-likeness (QED) is 0.621. The molecule has 0 spiro atoms. The van der Waals surface area contributed by atoms with Gasteiger partial charge in [0.15, 0.2) is 0 Å². The minimum Gasteiger partial charge on any atom is -0.298 e. The summed E-state index contributed by atoms with van der Waals surface area (Å²) >= 11 is 1.89. The predicted molar refractivity (Wildman–Crippen MR) is 49.0 cm³/mol. The second-order valence-electron chi connectivity index (χ2n) is 2.83. The van der Waals surface area contributed by atoms with Gasteiger partial charge in [0.05, 0.1) is 6.04 Å². The van der Waals surface area contributed by atoms with Gasteiger partial charge in [-0.3, -0.25) is 9.69 Å². The lowest BCUT2D eigenvalue weighted by Crippen LogP contribution is -2.46. The Hall–Kier alpha value is -0.0200. The molecule has 1 unspecified atom stereocenters. The Bertz CT molecular complexity index is 149. The van der Waals surface area contributed by atoms with Crippen molar-refractivity contribution in [1.29, 1.82) is 0 Å². The maximum Gasteiger partial charge on any atom is 0.147 e. The topological polar surface area (TPSA) is 20.3 Å². The van der Waals surface area contributed by atoms with Gasteiger partial charge in [0.2, 0.25) is 0 Å². The van der Waals surface area contributed by atoms with E-state index >= 15 is 0 Å². The van der Waals surface area contributed by atoms with E-state index in [0.29, 0.717) is 5.78 Å². The van der Waals surface area contributed by atoms with Crippen LogP contribution in [0.5, 0.6) is 0 Å². The number of hydrogen-bond acceptors (Lipinski definition) is 3. The molecule has 0 N–H and O–H groups in total. The average molecular weight is 173 g/mol. The molecule has 0 saturated carbocycles. The van der Waals surface area contributed by atoms with Gasteiger partial charge in [0, 0.05) is 18.1 Å². The maximum atomic E-state index is 11.1. The molecule has 2 nitrogen and oxygen atoms in total. The maximum absolute atomic E-state index is 11.1. The number of thioether (sulfide) groups is 1. The summed E-state index contributed by atoms with van der Waals surface area (Å²) in [7, 11) is 0. The van der Waals surface area contributed by atoms with Gasteiger partial charge in [-0.25, -0.2) is 0 Å². The summed E-state index contributed by atoms with van der Waals surface area (Å²) in [5.74, 6) is 2.49. The zero-order valence-corrected chi connectivity index (χ0v) is 7.99. The van der Waals surface area contributed by atoms with Crippen molar-refractivity contribution in [3.05, 3.63) is 0 Å². The molecule has 1 saturated heterocycles. The standard InChI is InChI=1S/C8H15NOS/c1-3-9-4-5-11-6-8(9)7(2)10/h8H,3-6H2,1-2H3. The third-order valence-corrected chi connectivity index (χ3v) is 3.14. The summed E-state index contributed by atoms with van der Waals surface area (Å²) in [4.78, 5) is 13.4. The van der Waals surface area contributed by atoms with E-state index < -0.39 is 0 Å². The summed E-state index contributed by atoms with van der Waals surface area (Å²) in [5.41, 5.74) is 0. The van der Waals surface area contributed by atoms with Crippen molar-refractivity contribution in [3.63, 3.8) is 0 Å². The smallest absolute Gasteiger partial charge is 0.147 e. The fourth-order valence-electron chi connectivity index (χ4n) is 1.39. The third kappa shape index (κ3) is 2.20. The number of hydrogen-bond donors (Lipinski definition) is 0. The van der Waals surface area contributed by atoms with Crippen LogP contribution in [0.25, 0.3) is 0 Å². The SMILES string of the molecule is CCN1CCSCC1C(C)=O. The van der Waals surface area contributed by atoms with Crippen LogP contribution < -0.4 is 0 Å². The van der Waals surface area contributed by atoms with Gasteiger partial charge in [0.1, 0.15) is 5.78 Å². The number of Topliss-reactive ketones (excluding diaryl/α,β-unsaturated/α-hetero) is 1. The van der Waals surface area contributed by atoms with Crippen molar-refractivity contribution in [3.8, 4) is 0 Å². The minimum atomic E-state index is 0.193. The first kappa shape index (κ1) is 9.07. The molecule has 1 aliphatic heterocycles.